The molecule has 0 saturated heterocycles. The van der Waals surface area contributed by atoms with E-state index in [-0.39, 0.29) is 17.2 Å². The van der Waals surface area contributed by atoms with Gasteiger partial charge in [0.1, 0.15) is 0 Å². The van der Waals surface area contributed by atoms with E-state index in [2.05, 4.69) is 24.5 Å². The summed E-state index contributed by atoms with van der Waals surface area (Å²) in [6.07, 6.45) is 2.87. The van der Waals surface area contributed by atoms with Crippen LogP contribution in [0.3, 0.4) is 0 Å². The van der Waals surface area contributed by atoms with Gasteiger partial charge in [0.05, 0.1) is 5.41 Å². The third kappa shape index (κ3) is 3.97. The zero-order valence-corrected chi connectivity index (χ0v) is 15.5. The average Bonchev–Trinajstić information content (AvgIpc) is 2.44. The lowest BCUT2D eigenvalue weighted by atomic mass is 9.63. The number of nitrogens with one attached hydrogen (secondary N) is 2. The van der Waals surface area contributed by atoms with Gasteiger partial charge in [0.25, 0.3) is 0 Å². The molecule has 4 nitrogen and oxygen atoms in total. The minimum atomic E-state index is -0.426. The summed E-state index contributed by atoms with van der Waals surface area (Å²) in [7, 11) is 0. The van der Waals surface area contributed by atoms with Crippen molar-refractivity contribution in [3.05, 3.63) is 29.8 Å². The molecular formula is C20H30N2O2. The third-order valence-corrected chi connectivity index (χ3v) is 4.69. The smallest absolute Gasteiger partial charge is 0.230 e. The molecule has 0 aromatic heterocycles. The lowest BCUT2D eigenvalue weighted by molar-refractivity contribution is -0.130. The Bertz CT molecular complexity index is 593. The van der Waals surface area contributed by atoms with Gasteiger partial charge in [-0.15, -0.1) is 0 Å². The van der Waals surface area contributed by atoms with Crippen molar-refractivity contribution in [1.29, 1.82) is 0 Å². The van der Waals surface area contributed by atoms with Crippen molar-refractivity contribution < 1.29 is 9.59 Å². The van der Waals surface area contributed by atoms with E-state index in [1.807, 2.05) is 45.0 Å². The molecular weight excluding hydrogens is 300 g/mol. The molecule has 1 aromatic carbocycles. The number of hydrogen-bond acceptors (Lipinski definition) is 2. The Morgan fingerprint density at radius 2 is 1.71 bits per heavy atom. The summed E-state index contributed by atoms with van der Waals surface area (Å²) in [6.45, 7) is 10.6. The van der Waals surface area contributed by atoms with E-state index in [0.29, 0.717) is 12.5 Å². The fourth-order valence-electron chi connectivity index (χ4n) is 2.83. The zero-order chi connectivity index (χ0) is 18.0. The molecule has 0 bridgehead atoms. The van der Waals surface area contributed by atoms with Crippen LogP contribution in [0.1, 0.15) is 59.4 Å². The molecule has 1 aliphatic carbocycles. The second-order valence-electron chi connectivity index (χ2n) is 8.32. The van der Waals surface area contributed by atoms with Gasteiger partial charge in [0, 0.05) is 17.6 Å². The predicted molar refractivity (Wildman–Crippen MR) is 97.9 cm³/mol. The van der Waals surface area contributed by atoms with Crippen LogP contribution in [-0.4, -0.2) is 18.4 Å². The standard InChI is InChI=1S/C20H30N2O2/c1-14(2)13-21-18(24)20(11-6-12-20)15-7-9-16(10-8-15)22-17(23)19(3,4)5/h7-10,14H,6,11-13H2,1-5H3,(H,21,24)(H,22,23). The summed E-state index contributed by atoms with van der Waals surface area (Å²) in [5.41, 5.74) is 1.01. The maximum Gasteiger partial charge on any atom is 0.230 e. The maximum absolute atomic E-state index is 12.7. The van der Waals surface area contributed by atoms with Crippen molar-refractivity contribution in [3.8, 4) is 0 Å². The predicted octanol–water partition coefficient (Wildman–Crippen LogP) is 3.87. The van der Waals surface area contributed by atoms with Gasteiger partial charge in [-0.05, 0) is 36.5 Å². The van der Waals surface area contributed by atoms with E-state index in [4.69, 9.17) is 0 Å². The van der Waals surface area contributed by atoms with Crippen molar-refractivity contribution in [1.82, 2.24) is 5.32 Å². The quantitative estimate of drug-likeness (QED) is 0.861. The number of carbonyl (C=O) groups excluding carboxylic acids is 2. The van der Waals surface area contributed by atoms with Crippen LogP contribution in [0.25, 0.3) is 0 Å². The number of hydrogen-bond donors (Lipinski definition) is 2. The second-order valence-corrected chi connectivity index (χ2v) is 8.32. The van der Waals surface area contributed by atoms with Crippen molar-refractivity contribution in [2.24, 2.45) is 11.3 Å². The molecule has 2 rings (SSSR count). The molecule has 1 saturated carbocycles. The summed E-state index contributed by atoms with van der Waals surface area (Å²) in [6, 6.07) is 7.75. The van der Waals surface area contributed by atoms with Gasteiger partial charge in [-0.2, -0.15) is 0 Å². The van der Waals surface area contributed by atoms with Gasteiger partial charge in [-0.25, -0.2) is 0 Å². The van der Waals surface area contributed by atoms with Crippen molar-refractivity contribution >= 4 is 17.5 Å². The van der Waals surface area contributed by atoms with E-state index in [9.17, 15) is 9.59 Å². The molecule has 0 radical (unpaired) electrons. The lowest BCUT2D eigenvalue weighted by Gasteiger charge is -2.41. The van der Waals surface area contributed by atoms with Crippen molar-refractivity contribution in [2.45, 2.75) is 59.3 Å². The molecule has 4 heteroatoms. The van der Waals surface area contributed by atoms with Gasteiger partial charge >= 0.3 is 0 Å². The van der Waals surface area contributed by atoms with Gasteiger partial charge < -0.3 is 10.6 Å². The monoisotopic (exact) mass is 330 g/mol. The summed E-state index contributed by atoms with van der Waals surface area (Å²) < 4.78 is 0. The number of rotatable bonds is 5. The van der Waals surface area contributed by atoms with E-state index >= 15 is 0 Å². The molecule has 1 fully saturated rings. The summed E-state index contributed by atoms with van der Waals surface area (Å²) >= 11 is 0. The first-order valence-corrected chi connectivity index (χ1v) is 8.85. The van der Waals surface area contributed by atoms with Crippen LogP contribution < -0.4 is 10.6 Å². The Morgan fingerprint density at radius 3 is 2.12 bits per heavy atom. The fraction of sp³-hybridized carbons (Fsp3) is 0.600. The van der Waals surface area contributed by atoms with Crippen LogP contribution in [0.4, 0.5) is 5.69 Å². The highest BCUT2D eigenvalue weighted by molar-refractivity contribution is 5.94. The normalized spacial score (nSPS) is 16.4. The topological polar surface area (TPSA) is 58.2 Å². The van der Waals surface area contributed by atoms with E-state index < -0.39 is 5.41 Å². The van der Waals surface area contributed by atoms with Gasteiger partial charge in [0.2, 0.25) is 11.8 Å². The largest absolute Gasteiger partial charge is 0.355 e. The Morgan fingerprint density at radius 1 is 1.12 bits per heavy atom. The highest BCUT2D eigenvalue weighted by Gasteiger charge is 2.45. The summed E-state index contributed by atoms with van der Waals surface area (Å²) in [5.74, 6) is 0.568. The van der Waals surface area contributed by atoms with E-state index in [1.165, 1.54) is 0 Å². The second kappa shape index (κ2) is 6.96. The number of amides is 2. The molecule has 0 heterocycles. The van der Waals surface area contributed by atoms with Crippen molar-refractivity contribution in [2.75, 3.05) is 11.9 Å². The Labute approximate surface area is 145 Å². The molecule has 0 unspecified atom stereocenters. The van der Waals surface area contributed by atoms with E-state index in [1.54, 1.807) is 0 Å². The van der Waals surface area contributed by atoms with Crippen LogP contribution in [0.5, 0.6) is 0 Å². The minimum Gasteiger partial charge on any atom is -0.355 e. The highest BCUT2D eigenvalue weighted by Crippen LogP contribution is 2.44. The number of benzene rings is 1. The van der Waals surface area contributed by atoms with Gasteiger partial charge in [-0.1, -0.05) is 53.2 Å². The molecule has 132 valence electrons. The van der Waals surface area contributed by atoms with E-state index in [0.717, 1.165) is 30.5 Å². The van der Waals surface area contributed by atoms with Crippen LogP contribution in [0.15, 0.2) is 24.3 Å². The zero-order valence-electron chi connectivity index (χ0n) is 15.5. The summed E-state index contributed by atoms with van der Waals surface area (Å²) in [5, 5.41) is 6.01. The molecule has 24 heavy (non-hydrogen) atoms. The summed E-state index contributed by atoms with van der Waals surface area (Å²) in [4.78, 5) is 24.7. The molecule has 2 N–H and O–H groups in total. The molecule has 0 atom stereocenters. The average molecular weight is 330 g/mol. The first kappa shape index (κ1) is 18.5. The molecule has 0 aliphatic heterocycles. The number of carbonyl (C=O) groups is 2. The SMILES string of the molecule is CC(C)CNC(=O)C1(c2ccc(NC(=O)C(C)(C)C)cc2)CCC1. The van der Waals surface area contributed by atoms with Crippen LogP contribution in [-0.2, 0) is 15.0 Å². The van der Waals surface area contributed by atoms with Crippen molar-refractivity contribution in [3.63, 3.8) is 0 Å². The first-order chi connectivity index (χ1) is 11.1. The Balaban J connectivity index is 2.10. The maximum atomic E-state index is 12.7. The molecule has 2 amide bonds. The number of anilines is 1. The Kier molecular flexibility index (Phi) is 5.36. The van der Waals surface area contributed by atoms with Crippen LogP contribution in [0, 0.1) is 11.3 Å². The van der Waals surface area contributed by atoms with Gasteiger partial charge in [-0.3, -0.25) is 9.59 Å². The highest BCUT2D eigenvalue weighted by atomic mass is 16.2. The molecule has 0 spiro atoms. The Hall–Kier alpha value is -1.84. The molecule has 1 aromatic rings. The molecule has 1 aliphatic rings. The van der Waals surface area contributed by atoms with Crippen LogP contribution >= 0.6 is 0 Å². The van der Waals surface area contributed by atoms with Crippen LogP contribution in [0.2, 0.25) is 0 Å². The van der Waals surface area contributed by atoms with Gasteiger partial charge in [0.15, 0.2) is 0 Å². The fourth-order valence-corrected chi connectivity index (χ4v) is 2.83. The lowest BCUT2D eigenvalue weighted by Crippen LogP contribution is -2.49. The third-order valence-electron chi connectivity index (χ3n) is 4.69. The first-order valence-electron chi connectivity index (χ1n) is 8.85. The minimum absolute atomic E-state index is 0.0108.